The van der Waals surface area contributed by atoms with Gasteiger partial charge in [0.1, 0.15) is 10.7 Å². The number of hydrogen-bond acceptors (Lipinski definition) is 4. The molecule has 0 saturated carbocycles. The summed E-state index contributed by atoms with van der Waals surface area (Å²) in [7, 11) is -3.62. The molecule has 0 amide bonds. The van der Waals surface area contributed by atoms with Gasteiger partial charge < -0.3 is 4.42 Å². The minimum Gasteiger partial charge on any atom is -0.468 e. The van der Waals surface area contributed by atoms with Crippen LogP contribution in [0.3, 0.4) is 0 Å². The number of furan rings is 1. The van der Waals surface area contributed by atoms with Crippen LogP contribution in [-0.4, -0.2) is 29.0 Å². The standard InChI is InChI=1S/C17H25N3O3S/c1-12-16(13(2)20(18-12)17(3,4)5)24(21,22)19-10-6-8-14(19)15-9-7-11-23-15/h7,9,11,14H,6,8,10H2,1-5H3. The van der Waals surface area contributed by atoms with Crippen molar-refractivity contribution in [3.63, 3.8) is 0 Å². The topological polar surface area (TPSA) is 68.3 Å². The van der Waals surface area contributed by atoms with E-state index < -0.39 is 10.0 Å². The van der Waals surface area contributed by atoms with Gasteiger partial charge in [0.25, 0.3) is 0 Å². The molecule has 1 aliphatic heterocycles. The van der Waals surface area contributed by atoms with E-state index in [-0.39, 0.29) is 11.6 Å². The second kappa shape index (κ2) is 5.74. The van der Waals surface area contributed by atoms with Crippen molar-refractivity contribution in [3.05, 3.63) is 35.5 Å². The Balaban J connectivity index is 2.07. The van der Waals surface area contributed by atoms with E-state index in [1.165, 1.54) is 0 Å². The Hall–Kier alpha value is -1.60. The third-order valence-corrected chi connectivity index (χ3v) is 6.66. The van der Waals surface area contributed by atoms with Gasteiger partial charge in [0.15, 0.2) is 0 Å². The van der Waals surface area contributed by atoms with Crippen LogP contribution in [0.5, 0.6) is 0 Å². The zero-order valence-electron chi connectivity index (χ0n) is 14.9. The molecule has 0 aromatic carbocycles. The highest BCUT2D eigenvalue weighted by Crippen LogP contribution is 2.38. The molecule has 24 heavy (non-hydrogen) atoms. The van der Waals surface area contributed by atoms with E-state index in [2.05, 4.69) is 5.10 Å². The SMILES string of the molecule is Cc1nn(C(C)(C)C)c(C)c1S(=O)(=O)N1CCCC1c1ccco1. The first kappa shape index (κ1) is 17.2. The highest BCUT2D eigenvalue weighted by Gasteiger charge is 2.40. The van der Waals surface area contributed by atoms with Gasteiger partial charge in [-0.15, -0.1) is 0 Å². The largest absolute Gasteiger partial charge is 0.468 e. The quantitative estimate of drug-likeness (QED) is 0.850. The highest BCUT2D eigenvalue weighted by atomic mass is 32.2. The maximum absolute atomic E-state index is 13.4. The molecular weight excluding hydrogens is 326 g/mol. The van der Waals surface area contributed by atoms with Crippen LogP contribution >= 0.6 is 0 Å². The molecule has 0 radical (unpaired) electrons. The first-order valence-electron chi connectivity index (χ1n) is 8.26. The minimum absolute atomic E-state index is 0.234. The third-order valence-electron chi connectivity index (χ3n) is 4.50. The molecule has 7 heteroatoms. The maximum atomic E-state index is 13.4. The lowest BCUT2D eigenvalue weighted by atomic mass is 10.1. The minimum atomic E-state index is -3.62. The summed E-state index contributed by atoms with van der Waals surface area (Å²) in [4.78, 5) is 0.330. The first-order valence-corrected chi connectivity index (χ1v) is 9.70. The molecule has 6 nitrogen and oxygen atoms in total. The number of nitrogens with zero attached hydrogens (tertiary/aromatic N) is 3. The van der Waals surface area contributed by atoms with Crippen LogP contribution in [0.1, 0.15) is 56.8 Å². The maximum Gasteiger partial charge on any atom is 0.247 e. The lowest BCUT2D eigenvalue weighted by Crippen LogP contribution is -2.31. The Morgan fingerprint density at radius 2 is 2.00 bits per heavy atom. The van der Waals surface area contributed by atoms with Crippen LogP contribution < -0.4 is 0 Å². The molecule has 2 aromatic heterocycles. The average molecular weight is 351 g/mol. The van der Waals surface area contributed by atoms with Gasteiger partial charge in [-0.25, -0.2) is 8.42 Å². The predicted molar refractivity (Wildman–Crippen MR) is 91.3 cm³/mol. The second-order valence-corrected chi connectivity index (χ2v) is 9.20. The van der Waals surface area contributed by atoms with Gasteiger partial charge in [-0.05, 0) is 59.6 Å². The lowest BCUT2D eigenvalue weighted by molar-refractivity contribution is 0.337. The van der Waals surface area contributed by atoms with Gasteiger partial charge in [0.2, 0.25) is 10.0 Å². The van der Waals surface area contributed by atoms with E-state index in [9.17, 15) is 8.42 Å². The monoisotopic (exact) mass is 351 g/mol. The van der Waals surface area contributed by atoms with Gasteiger partial charge in [-0.3, -0.25) is 4.68 Å². The highest BCUT2D eigenvalue weighted by molar-refractivity contribution is 7.89. The fourth-order valence-corrected chi connectivity index (χ4v) is 5.59. The summed E-state index contributed by atoms with van der Waals surface area (Å²) in [5, 5.41) is 4.49. The summed E-state index contributed by atoms with van der Waals surface area (Å²) in [5.41, 5.74) is 0.964. The zero-order valence-corrected chi connectivity index (χ0v) is 15.7. The Morgan fingerprint density at radius 1 is 1.29 bits per heavy atom. The predicted octanol–water partition coefficient (Wildman–Crippen LogP) is 3.37. The van der Waals surface area contributed by atoms with Crippen LogP contribution in [0.4, 0.5) is 0 Å². The van der Waals surface area contributed by atoms with Gasteiger partial charge in [-0.1, -0.05) is 0 Å². The van der Waals surface area contributed by atoms with Gasteiger partial charge in [0.05, 0.1) is 29.2 Å². The average Bonchev–Trinajstić information content (AvgIpc) is 3.15. The van der Waals surface area contributed by atoms with Crippen molar-refractivity contribution < 1.29 is 12.8 Å². The van der Waals surface area contributed by atoms with Crippen molar-refractivity contribution >= 4 is 10.0 Å². The molecule has 0 N–H and O–H groups in total. The van der Waals surface area contributed by atoms with Crippen LogP contribution in [-0.2, 0) is 15.6 Å². The van der Waals surface area contributed by atoms with Gasteiger partial charge >= 0.3 is 0 Å². The third kappa shape index (κ3) is 2.69. The van der Waals surface area contributed by atoms with E-state index in [1.54, 1.807) is 28.2 Å². The molecular formula is C17H25N3O3S. The summed E-state index contributed by atoms with van der Waals surface area (Å²) in [6.45, 7) is 10.2. The molecule has 0 bridgehead atoms. The molecule has 1 atom stereocenters. The Morgan fingerprint density at radius 3 is 2.54 bits per heavy atom. The van der Waals surface area contributed by atoms with Crippen LogP contribution in [0.15, 0.2) is 27.7 Å². The number of sulfonamides is 1. The van der Waals surface area contributed by atoms with E-state index in [0.29, 0.717) is 28.6 Å². The number of aryl methyl sites for hydroxylation is 1. The van der Waals surface area contributed by atoms with Crippen molar-refractivity contribution in [2.45, 2.75) is 63.9 Å². The van der Waals surface area contributed by atoms with E-state index in [1.807, 2.05) is 33.8 Å². The molecule has 3 rings (SSSR count). The number of hydrogen-bond donors (Lipinski definition) is 0. The smallest absolute Gasteiger partial charge is 0.247 e. The molecule has 1 unspecified atom stereocenters. The fourth-order valence-electron chi connectivity index (χ4n) is 3.57. The normalized spacial score (nSPS) is 20.0. The summed E-state index contributed by atoms with van der Waals surface area (Å²) < 4.78 is 35.5. The lowest BCUT2D eigenvalue weighted by Gasteiger charge is -2.24. The van der Waals surface area contributed by atoms with E-state index in [4.69, 9.17) is 4.42 Å². The number of aromatic nitrogens is 2. The zero-order chi connectivity index (χ0) is 17.7. The summed E-state index contributed by atoms with van der Waals surface area (Å²) in [5.74, 6) is 0.703. The summed E-state index contributed by atoms with van der Waals surface area (Å²) >= 11 is 0. The van der Waals surface area contributed by atoms with Crippen molar-refractivity contribution in [2.75, 3.05) is 6.54 Å². The first-order chi connectivity index (χ1) is 11.1. The Labute approximate surface area is 143 Å². The van der Waals surface area contributed by atoms with E-state index in [0.717, 1.165) is 12.8 Å². The van der Waals surface area contributed by atoms with Crippen molar-refractivity contribution in [2.24, 2.45) is 0 Å². The molecule has 1 aliphatic rings. The van der Waals surface area contributed by atoms with Crippen molar-refractivity contribution in [1.82, 2.24) is 14.1 Å². The molecule has 1 saturated heterocycles. The van der Waals surface area contributed by atoms with E-state index >= 15 is 0 Å². The number of rotatable bonds is 3. The van der Waals surface area contributed by atoms with Crippen molar-refractivity contribution in [3.8, 4) is 0 Å². The molecule has 1 fully saturated rings. The summed E-state index contributed by atoms with van der Waals surface area (Å²) in [6, 6.07) is 3.41. The Kier molecular flexibility index (Phi) is 4.12. The van der Waals surface area contributed by atoms with Gasteiger partial charge in [-0.2, -0.15) is 9.40 Å². The van der Waals surface area contributed by atoms with Gasteiger partial charge in [0, 0.05) is 6.54 Å². The molecule has 3 heterocycles. The van der Waals surface area contributed by atoms with Crippen LogP contribution in [0, 0.1) is 13.8 Å². The molecule has 2 aromatic rings. The Bertz CT molecular complexity index is 829. The molecule has 132 valence electrons. The van der Waals surface area contributed by atoms with Crippen molar-refractivity contribution in [1.29, 1.82) is 0 Å². The van der Waals surface area contributed by atoms with Crippen LogP contribution in [0.25, 0.3) is 0 Å². The molecule has 0 aliphatic carbocycles. The van der Waals surface area contributed by atoms with Crippen LogP contribution in [0.2, 0.25) is 0 Å². The second-order valence-electron chi connectivity index (χ2n) is 7.37. The molecule has 0 spiro atoms. The fraction of sp³-hybridized carbons (Fsp3) is 0.588. The summed E-state index contributed by atoms with van der Waals surface area (Å²) in [6.07, 6.45) is 3.20.